The number of nitrogens with two attached hydrogens (primary N) is 1. The summed E-state index contributed by atoms with van der Waals surface area (Å²) >= 11 is 0. The number of hydrogen-bond acceptors (Lipinski definition) is 4. The third-order valence-electron chi connectivity index (χ3n) is 7.15. The number of aromatic amines is 1. The zero-order valence-electron chi connectivity index (χ0n) is 17.3. The minimum atomic E-state index is -0.495. The summed E-state index contributed by atoms with van der Waals surface area (Å²) in [5.41, 5.74) is 8.99. The van der Waals surface area contributed by atoms with Gasteiger partial charge in [0.05, 0.1) is 0 Å². The maximum Gasteiger partial charge on any atom is 0.267 e. The number of nitrogens with zero attached hydrogens (tertiary/aromatic N) is 2. The Morgan fingerprint density at radius 2 is 2.03 bits per heavy atom. The number of H-pyrrole nitrogens is 1. The van der Waals surface area contributed by atoms with Crippen molar-refractivity contribution in [1.29, 1.82) is 0 Å². The van der Waals surface area contributed by atoms with Crippen LogP contribution in [0.1, 0.15) is 40.9 Å². The van der Waals surface area contributed by atoms with Crippen molar-refractivity contribution in [3.8, 4) is 0 Å². The van der Waals surface area contributed by atoms with Crippen molar-refractivity contribution in [3.63, 3.8) is 0 Å². The Kier molecular flexibility index (Phi) is 4.83. The number of benzene rings is 1. The third-order valence-corrected chi connectivity index (χ3v) is 7.15. The lowest BCUT2D eigenvalue weighted by Gasteiger charge is -2.55. The minimum absolute atomic E-state index is 0.309. The highest BCUT2D eigenvalue weighted by Crippen LogP contribution is 2.51. The van der Waals surface area contributed by atoms with Crippen LogP contribution in [0.4, 0.5) is 0 Å². The first kappa shape index (κ1) is 19.3. The molecule has 156 valence electrons. The molecule has 6 nitrogen and oxygen atoms in total. The Bertz CT molecular complexity index is 1060. The van der Waals surface area contributed by atoms with E-state index >= 15 is 0 Å². The van der Waals surface area contributed by atoms with E-state index in [9.17, 15) is 4.79 Å². The number of pyridine rings is 1. The summed E-state index contributed by atoms with van der Waals surface area (Å²) < 4.78 is 6.31. The van der Waals surface area contributed by atoms with E-state index < -0.39 is 5.91 Å². The molecule has 1 amide bonds. The maximum atomic E-state index is 11.7. The number of nitrogens with one attached hydrogen (secondary N) is 1. The van der Waals surface area contributed by atoms with Crippen LogP contribution in [0.3, 0.4) is 0 Å². The molecule has 0 spiro atoms. The fourth-order valence-corrected chi connectivity index (χ4v) is 5.89. The van der Waals surface area contributed by atoms with Gasteiger partial charge in [-0.1, -0.05) is 24.6 Å². The van der Waals surface area contributed by atoms with Crippen molar-refractivity contribution < 1.29 is 9.53 Å². The van der Waals surface area contributed by atoms with Crippen LogP contribution in [-0.4, -0.2) is 41.0 Å². The van der Waals surface area contributed by atoms with Crippen LogP contribution in [0.15, 0.2) is 48.8 Å². The van der Waals surface area contributed by atoms with Gasteiger partial charge in [-0.3, -0.25) is 14.7 Å². The average molecular weight is 405 g/mol. The molecule has 2 unspecified atom stereocenters. The predicted octanol–water partition coefficient (Wildman–Crippen LogP) is 3.44. The Labute approximate surface area is 176 Å². The lowest BCUT2D eigenvalue weighted by Crippen LogP contribution is -2.58. The summed E-state index contributed by atoms with van der Waals surface area (Å²) in [5, 5.41) is 1.30. The van der Waals surface area contributed by atoms with E-state index in [4.69, 9.17) is 10.5 Å². The number of aromatic nitrogens is 2. The largest absolute Gasteiger partial charge is 0.373 e. The van der Waals surface area contributed by atoms with E-state index in [0.717, 1.165) is 38.0 Å². The van der Waals surface area contributed by atoms with Gasteiger partial charge in [-0.2, -0.15) is 0 Å². The van der Waals surface area contributed by atoms with E-state index in [-0.39, 0.29) is 5.60 Å². The highest BCUT2D eigenvalue weighted by molar-refractivity contribution is 5.90. The van der Waals surface area contributed by atoms with E-state index in [1.54, 1.807) is 6.20 Å². The van der Waals surface area contributed by atoms with Gasteiger partial charge in [-0.25, -0.2) is 0 Å². The molecular weight excluding hydrogens is 376 g/mol. The third kappa shape index (κ3) is 3.02. The van der Waals surface area contributed by atoms with Crippen molar-refractivity contribution in [2.45, 2.75) is 31.4 Å². The molecule has 1 aromatic carbocycles. The van der Waals surface area contributed by atoms with Crippen molar-refractivity contribution >= 4 is 16.8 Å². The summed E-state index contributed by atoms with van der Waals surface area (Å²) in [7, 11) is 1.81. The molecule has 2 bridgehead atoms. The summed E-state index contributed by atoms with van der Waals surface area (Å²) in [6.07, 6.45) is 7.27. The Morgan fingerprint density at radius 1 is 1.27 bits per heavy atom. The SMILES string of the molecule is COC1(c2ccnc(C(N)=O)c2)C2CCCC1CN(Cc1c[nH]c3ccccc13)C2. The quantitative estimate of drug-likeness (QED) is 0.682. The van der Waals surface area contributed by atoms with Gasteiger partial charge in [0.2, 0.25) is 0 Å². The van der Waals surface area contributed by atoms with Crippen molar-refractivity contribution in [2.75, 3.05) is 20.2 Å². The lowest BCUT2D eigenvalue weighted by atomic mass is 9.62. The maximum absolute atomic E-state index is 11.7. The normalized spacial score (nSPS) is 26.7. The van der Waals surface area contributed by atoms with Gasteiger partial charge in [0.15, 0.2) is 0 Å². The first-order valence-electron chi connectivity index (χ1n) is 10.7. The summed E-state index contributed by atoms with van der Waals surface area (Å²) in [6, 6.07) is 12.3. The van der Waals surface area contributed by atoms with Crippen LogP contribution < -0.4 is 5.73 Å². The summed E-state index contributed by atoms with van der Waals surface area (Å²) in [5.74, 6) is 0.233. The number of carbonyl (C=O) groups is 1. The number of fused-ring (bicyclic) bond motifs is 3. The molecular formula is C24H28N4O2. The second kappa shape index (κ2) is 7.52. The zero-order chi connectivity index (χ0) is 20.7. The lowest BCUT2D eigenvalue weighted by molar-refractivity contribution is -0.170. The number of rotatable bonds is 5. The highest BCUT2D eigenvalue weighted by Gasteiger charge is 2.53. The molecule has 2 atom stereocenters. The van der Waals surface area contributed by atoms with Gasteiger partial charge < -0.3 is 15.5 Å². The second-order valence-electron chi connectivity index (χ2n) is 8.67. The van der Waals surface area contributed by atoms with E-state index in [1.807, 2.05) is 19.2 Å². The molecule has 3 aromatic rings. The monoisotopic (exact) mass is 404 g/mol. The first-order valence-corrected chi connectivity index (χ1v) is 10.7. The molecule has 1 saturated carbocycles. The number of methoxy groups -OCH3 is 1. The molecule has 3 heterocycles. The van der Waals surface area contributed by atoms with E-state index in [0.29, 0.717) is 17.5 Å². The number of hydrogen-bond donors (Lipinski definition) is 2. The number of piperidine rings is 1. The molecule has 2 aromatic heterocycles. The van der Waals surface area contributed by atoms with Gasteiger partial charge in [-0.05, 0) is 42.2 Å². The summed E-state index contributed by atoms with van der Waals surface area (Å²) in [4.78, 5) is 21.8. The smallest absolute Gasteiger partial charge is 0.267 e. The zero-order valence-corrected chi connectivity index (χ0v) is 17.3. The van der Waals surface area contributed by atoms with Crippen LogP contribution in [0.2, 0.25) is 0 Å². The van der Waals surface area contributed by atoms with Crippen LogP contribution >= 0.6 is 0 Å². The van der Waals surface area contributed by atoms with Gasteiger partial charge in [0.25, 0.3) is 5.91 Å². The Hall–Kier alpha value is -2.70. The molecule has 5 rings (SSSR count). The van der Waals surface area contributed by atoms with Crippen molar-refractivity contribution in [1.82, 2.24) is 14.9 Å². The van der Waals surface area contributed by atoms with Crippen LogP contribution in [0.25, 0.3) is 10.9 Å². The first-order chi connectivity index (χ1) is 14.6. The van der Waals surface area contributed by atoms with Crippen molar-refractivity contribution in [3.05, 3.63) is 65.6 Å². The number of primary amides is 1. The predicted molar refractivity (Wildman–Crippen MR) is 116 cm³/mol. The second-order valence-corrected chi connectivity index (χ2v) is 8.67. The number of likely N-dealkylation sites (tertiary alicyclic amines) is 1. The fraction of sp³-hybridized carbons (Fsp3) is 0.417. The summed E-state index contributed by atoms with van der Waals surface area (Å²) in [6.45, 7) is 2.87. The molecule has 30 heavy (non-hydrogen) atoms. The van der Waals surface area contributed by atoms with Gasteiger partial charge in [0.1, 0.15) is 11.3 Å². The standard InChI is InChI=1S/C24H28N4O2/c1-30-24(17-9-10-26-22(11-17)23(25)29)18-5-4-6-19(24)15-28(14-18)13-16-12-27-21-8-3-2-7-20(16)21/h2-3,7-12,18-19,27H,4-6,13-15H2,1H3,(H2,25,29). The van der Waals surface area contributed by atoms with E-state index in [2.05, 4.69) is 45.3 Å². The molecule has 6 heteroatoms. The minimum Gasteiger partial charge on any atom is -0.373 e. The molecule has 3 N–H and O–H groups in total. The molecule has 1 aliphatic heterocycles. The van der Waals surface area contributed by atoms with Crippen LogP contribution in [-0.2, 0) is 16.9 Å². The molecule has 1 saturated heterocycles. The molecule has 2 fully saturated rings. The average Bonchev–Trinajstić information content (AvgIpc) is 3.16. The highest BCUT2D eigenvalue weighted by atomic mass is 16.5. The van der Waals surface area contributed by atoms with Crippen LogP contribution in [0, 0.1) is 11.8 Å². The van der Waals surface area contributed by atoms with Gasteiger partial charge in [-0.15, -0.1) is 0 Å². The number of amides is 1. The Balaban J connectivity index is 1.45. The number of para-hydroxylation sites is 1. The number of ether oxygens (including phenoxy) is 1. The van der Waals surface area contributed by atoms with E-state index in [1.165, 1.54) is 22.9 Å². The molecule has 0 radical (unpaired) electrons. The van der Waals surface area contributed by atoms with Gasteiger partial charge in [0, 0.05) is 61.9 Å². The molecule has 2 aliphatic rings. The Morgan fingerprint density at radius 3 is 2.77 bits per heavy atom. The van der Waals surface area contributed by atoms with Gasteiger partial charge >= 0.3 is 0 Å². The topological polar surface area (TPSA) is 84.2 Å². The fourth-order valence-electron chi connectivity index (χ4n) is 5.89. The molecule has 1 aliphatic carbocycles. The van der Waals surface area contributed by atoms with Crippen molar-refractivity contribution in [2.24, 2.45) is 17.6 Å². The van der Waals surface area contributed by atoms with Crippen LogP contribution in [0.5, 0.6) is 0 Å². The number of carbonyl (C=O) groups excluding carboxylic acids is 1.